The van der Waals surface area contributed by atoms with Gasteiger partial charge in [0.15, 0.2) is 0 Å². The molecule has 0 aliphatic rings. The maximum atomic E-state index is 6.67. The zero-order valence-electron chi connectivity index (χ0n) is 14.1. The van der Waals surface area contributed by atoms with Gasteiger partial charge in [-0.3, -0.25) is 0 Å². The molecule has 2 N–H and O–H groups in total. The van der Waals surface area contributed by atoms with Crippen LogP contribution in [-0.4, -0.2) is 31.6 Å². The van der Waals surface area contributed by atoms with Crippen molar-refractivity contribution in [3.05, 3.63) is 28.8 Å². The molecule has 1 aromatic rings. The second-order valence-corrected chi connectivity index (χ2v) is 5.81. The molecule has 0 saturated carbocycles. The predicted molar refractivity (Wildman–Crippen MR) is 86.4 cm³/mol. The normalized spacial score (nSPS) is 13.7. The van der Waals surface area contributed by atoms with E-state index in [9.17, 15) is 0 Å². The molecule has 0 heterocycles. The molecule has 0 radical (unpaired) electrons. The molecule has 0 aliphatic heterocycles. The number of aryl methyl sites for hydroxylation is 1. The molecule has 1 atom stereocenters. The molecule has 20 heavy (non-hydrogen) atoms. The highest BCUT2D eigenvalue weighted by atomic mass is 16.5. The van der Waals surface area contributed by atoms with Crippen LogP contribution in [0.15, 0.2) is 12.1 Å². The van der Waals surface area contributed by atoms with Gasteiger partial charge in [-0.05, 0) is 51.9 Å². The van der Waals surface area contributed by atoms with Gasteiger partial charge in [0, 0.05) is 11.1 Å². The summed E-state index contributed by atoms with van der Waals surface area (Å²) in [6, 6.07) is 4.19. The van der Waals surface area contributed by atoms with Crippen molar-refractivity contribution in [3.8, 4) is 5.75 Å². The molecule has 0 spiro atoms. The first-order valence-electron chi connectivity index (χ1n) is 7.42. The van der Waals surface area contributed by atoms with E-state index in [-0.39, 0.29) is 11.6 Å². The van der Waals surface area contributed by atoms with Crippen molar-refractivity contribution in [2.75, 3.05) is 21.2 Å². The molecule has 0 bridgehead atoms. The predicted octanol–water partition coefficient (Wildman–Crippen LogP) is 3.43. The minimum atomic E-state index is -0.0678. The minimum absolute atomic E-state index is 0.0466. The Morgan fingerprint density at radius 3 is 2.15 bits per heavy atom. The number of nitrogens with two attached hydrogens (primary N) is 1. The van der Waals surface area contributed by atoms with Gasteiger partial charge in [-0.2, -0.15) is 0 Å². The van der Waals surface area contributed by atoms with Gasteiger partial charge in [0.05, 0.1) is 13.2 Å². The van der Waals surface area contributed by atoms with Crippen molar-refractivity contribution >= 4 is 0 Å². The van der Waals surface area contributed by atoms with Crippen molar-refractivity contribution in [3.63, 3.8) is 0 Å². The number of hydrogen-bond acceptors (Lipinski definition) is 3. The highest BCUT2D eigenvalue weighted by Crippen LogP contribution is 2.39. The molecule has 0 fully saturated rings. The summed E-state index contributed by atoms with van der Waals surface area (Å²) in [5.41, 5.74) is 10.1. The average molecular weight is 278 g/mol. The van der Waals surface area contributed by atoms with Gasteiger partial charge < -0.3 is 15.4 Å². The third kappa shape index (κ3) is 2.70. The first-order chi connectivity index (χ1) is 9.35. The molecule has 0 saturated heterocycles. The van der Waals surface area contributed by atoms with E-state index in [0.717, 1.165) is 24.2 Å². The molecule has 1 rings (SSSR count). The Bertz CT molecular complexity index is 451. The van der Waals surface area contributed by atoms with Gasteiger partial charge in [-0.1, -0.05) is 26.0 Å². The molecule has 114 valence electrons. The zero-order valence-corrected chi connectivity index (χ0v) is 14.1. The quantitative estimate of drug-likeness (QED) is 0.866. The first kappa shape index (κ1) is 17.0. The molecular formula is C17H30N2O. The molecule has 3 heteroatoms. The fourth-order valence-corrected chi connectivity index (χ4v) is 3.22. The number of nitrogens with zero attached hydrogens (tertiary/aromatic N) is 1. The van der Waals surface area contributed by atoms with Crippen molar-refractivity contribution in [2.45, 2.75) is 52.1 Å². The lowest BCUT2D eigenvalue weighted by atomic mass is 9.79. The fraction of sp³-hybridized carbons (Fsp3) is 0.647. The minimum Gasteiger partial charge on any atom is -0.496 e. The lowest BCUT2D eigenvalue weighted by Gasteiger charge is -2.44. The van der Waals surface area contributed by atoms with Crippen LogP contribution < -0.4 is 10.5 Å². The highest BCUT2D eigenvalue weighted by molar-refractivity contribution is 5.47. The van der Waals surface area contributed by atoms with Crippen LogP contribution >= 0.6 is 0 Å². The summed E-state index contributed by atoms with van der Waals surface area (Å²) in [5, 5.41) is 0. The summed E-state index contributed by atoms with van der Waals surface area (Å²) >= 11 is 0. The Hall–Kier alpha value is -1.06. The first-order valence-corrected chi connectivity index (χ1v) is 7.42. The second kappa shape index (κ2) is 6.59. The number of hydrogen-bond donors (Lipinski definition) is 1. The third-order valence-electron chi connectivity index (χ3n) is 4.94. The number of benzene rings is 1. The van der Waals surface area contributed by atoms with Crippen molar-refractivity contribution < 1.29 is 4.74 Å². The van der Waals surface area contributed by atoms with Crippen molar-refractivity contribution in [1.29, 1.82) is 0 Å². The highest BCUT2D eigenvalue weighted by Gasteiger charge is 2.38. The van der Waals surface area contributed by atoms with E-state index in [1.807, 2.05) is 0 Å². The lowest BCUT2D eigenvalue weighted by Crippen LogP contribution is -2.51. The standard InChI is InChI=1S/C17H30N2O/c1-8-17(9-2,19(5)6)16(18)14-11-10-12(3)13(4)15(14)20-7/h10-11,16H,8-9,18H2,1-7H3. The smallest absolute Gasteiger partial charge is 0.126 e. The number of methoxy groups -OCH3 is 1. The van der Waals surface area contributed by atoms with E-state index in [2.05, 4.69) is 58.8 Å². The summed E-state index contributed by atoms with van der Waals surface area (Å²) in [6.07, 6.45) is 2.02. The molecule has 1 unspecified atom stereocenters. The van der Waals surface area contributed by atoms with E-state index >= 15 is 0 Å². The molecule has 0 aliphatic carbocycles. The summed E-state index contributed by atoms with van der Waals surface area (Å²) in [5.74, 6) is 0.936. The van der Waals surface area contributed by atoms with Crippen LogP contribution in [-0.2, 0) is 0 Å². The van der Waals surface area contributed by atoms with Crippen molar-refractivity contribution in [2.24, 2.45) is 5.73 Å². The second-order valence-electron chi connectivity index (χ2n) is 5.81. The number of rotatable bonds is 6. The SMILES string of the molecule is CCC(CC)(C(N)c1ccc(C)c(C)c1OC)N(C)C. The Morgan fingerprint density at radius 2 is 1.75 bits per heavy atom. The fourth-order valence-electron chi connectivity index (χ4n) is 3.22. The molecule has 0 aromatic heterocycles. The zero-order chi connectivity index (χ0) is 15.5. The van der Waals surface area contributed by atoms with E-state index in [1.54, 1.807) is 7.11 Å². The Labute approximate surface area is 124 Å². The molecule has 0 amide bonds. The Balaban J connectivity index is 3.39. The average Bonchev–Trinajstić information content (AvgIpc) is 2.43. The van der Waals surface area contributed by atoms with Crippen LogP contribution in [0.2, 0.25) is 0 Å². The topological polar surface area (TPSA) is 38.5 Å². The molecular weight excluding hydrogens is 248 g/mol. The van der Waals surface area contributed by atoms with Crippen LogP contribution in [0.5, 0.6) is 5.75 Å². The van der Waals surface area contributed by atoms with Gasteiger partial charge in [0.2, 0.25) is 0 Å². The van der Waals surface area contributed by atoms with Crippen molar-refractivity contribution in [1.82, 2.24) is 4.90 Å². The van der Waals surface area contributed by atoms with E-state index in [4.69, 9.17) is 10.5 Å². The van der Waals surface area contributed by atoms with Crippen LogP contribution in [0.25, 0.3) is 0 Å². The van der Waals surface area contributed by atoms with Gasteiger partial charge in [0.25, 0.3) is 0 Å². The Morgan fingerprint density at radius 1 is 1.20 bits per heavy atom. The summed E-state index contributed by atoms with van der Waals surface area (Å²) in [4.78, 5) is 2.26. The lowest BCUT2D eigenvalue weighted by molar-refractivity contribution is 0.104. The molecule has 3 nitrogen and oxygen atoms in total. The maximum absolute atomic E-state index is 6.67. The van der Waals surface area contributed by atoms with Crippen LogP contribution in [0, 0.1) is 13.8 Å². The number of likely N-dealkylation sites (N-methyl/N-ethyl adjacent to an activating group) is 1. The van der Waals surface area contributed by atoms with Gasteiger partial charge >= 0.3 is 0 Å². The van der Waals surface area contributed by atoms with Gasteiger partial charge in [-0.25, -0.2) is 0 Å². The maximum Gasteiger partial charge on any atom is 0.126 e. The van der Waals surface area contributed by atoms with E-state index < -0.39 is 0 Å². The van der Waals surface area contributed by atoms with Gasteiger partial charge in [0.1, 0.15) is 5.75 Å². The summed E-state index contributed by atoms with van der Waals surface area (Å²) < 4.78 is 5.64. The Kier molecular flexibility index (Phi) is 5.60. The largest absolute Gasteiger partial charge is 0.496 e. The van der Waals surface area contributed by atoms with Crippen LogP contribution in [0.3, 0.4) is 0 Å². The summed E-state index contributed by atoms with van der Waals surface area (Å²) in [6.45, 7) is 8.61. The van der Waals surface area contributed by atoms with Crippen LogP contribution in [0.4, 0.5) is 0 Å². The third-order valence-corrected chi connectivity index (χ3v) is 4.94. The van der Waals surface area contributed by atoms with E-state index in [0.29, 0.717) is 0 Å². The van der Waals surface area contributed by atoms with E-state index in [1.165, 1.54) is 11.1 Å². The monoisotopic (exact) mass is 278 g/mol. The molecule has 1 aromatic carbocycles. The summed E-state index contributed by atoms with van der Waals surface area (Å²) in [7, 11) is 5.95. The van der Waals surface area contributed by atoms with Crippen LogP contribution in [0.1, 0.15) is 49.4 Å². The van der Waals surface area contributed by atoms with Gasteiger partial charge in [-0.15, -0.1) is 0 Å². The number of ether oxygens (including phenoxy) is 1.